The lowest BCUT2D eigenvalue weighted by molar-refractivity contribution is 0.676. The summed E-state index contributed by atoms with van der Waals surface area (Å²) in [6.45, 7) is 7.29. The molecule has 1 N–H and O–H groups in total. The molecule has 0 aromatic rings. The summed E-state index contributed by atoms with van der Waals surface area (Å²) in [7, 11) is 1.90. The van der Waals surface area contributed by atoms with Crippen molar-refractivity contribution in [3.05, 3.63) is 19.6 Å². The van der Waals surface area contributed by atoms with Crippen molar-refractivity contribution in [2.24, 2.45) is 0 Å². The van der Waals surface area contributed by atoms with Crippen molar-refractivity contribution in [2.75, 3.05) is 7.05 Å². The van der Waals surface area contributed by atoms with Gasteiger partial charge >= 0.3 is 0 Å². The second-order valence-electron chi connectivity index (χ2n) is 1.42. The number of likely N-dealkylation sites (N-methyl/N-ethyl adjacent to an activating group) is 1. The smallest absolute Gasteiger partial charge is 0.0244 e. The first kappa shape index (κ1) is 6.70. The molecule has 41 valence electrons. The first-order chi connectivity index (χ1) is 3.35. The minimum atomic E-state index is 0.389. The van der Waals surface area contributed by atoms with Gasteiger partial charge in [0.25, 0.3) is 0 Å². The molecule has 0 aliphatic rings. The summed E-state index contributed by atoms with van der Waals surface area (Å²) in [5.41, 5.74) is 0. The highest BCUT2D eigenvalue weighted by Crippen LogP contribution is 1.86. The largest absolute Gasteiger partial charge is 0.314 e. The Labute approximate surface area is 45.4 Å². The highest BCUT2D eigenvalue weighted by atomic mass is 14.8. The molecule has 0 aromatic heterocycles. The zero-order valence-electron chi connectivity index (χ0n) is 4.78. The van der Waals surface area contributed by atoms with Gasteiger partial charge < -0.3 is 5.32 Å². The fourth-order valence-corrected chi connectivity index (χ4v) is 0.380. The summed E-state index contributed by atoms with van der Waals surface area (Å²) in [6, 6.07) is 0.389. The molecule has 0 rings (SSSR count). The van der Waals surface area contributed by atoms with Crippen molar-refractivity contribution in [1.82, 2.24) is 5.32 Å². The van der Waals surface area contributed by atoms with Crippen LogP contribution in [-0.4, -0.2) is 13.1 Å². The topological polar surface area (TPSA) is 12.0 Å². The SMILES string of the molecule is [CH2]CC(C=C)NC. The van der Waals surface area contributed by atoms with Gasteiger partial charge in [-0.05, 0) is 13.5 Å². The summed E-state index contributed by atoms with van der Waals surface area (Å²) in [6.07, 6.45) is 2.73. The average molecular weight is 98.2 g/mol. The van der Waals surface area contributed by atoms with E-state index in [0.29, 0.717) is 6.04 Å². The van der Waals surface area contributed by atoms with E-state index >= 15 is 0 Å². The second-order valence-corrected chi connectivity index (χ2v) is 1.42. The van der Waals surface area contributed by atoms with Crippen molar-refractivity contribution >= 4 is 0 Å². The molecule has 0 amide bonds. The van der Waals surface area contributed by atoms with E-state index in [-0.39, 0.29) is 0 Å². The van der Waals surface area contributed by atoms with Crippen LogP contribution < -0.4 is 5.32 Å². The van der Waals surface area contributed by atoms with E-state index in [1.807, 2.05) is 13.1 Å². The third kappa shape index (κ3) is 2.40. The maximum Gasteiger partial charge on any atom is 0.0244 e. The van der Waals surface area contributed by atoms with Crippen LogP contribution in [-0.2, 0) is 0 Å². The van der Waals surface area contributed by atoms with Gasteiger partial charge in [-0.1, -0.05) is 13.0 Å². The monoisotopic (exact) mass is 98.1 g/mol. The maximum absolute atomic E-state index is 3.69. The van der Waals surface area contributed by atoms with Gasteiger partial charge in [0.2, 0.25) is 0 Å². The minimum Gasteiger partial charge on any atom is -0.314 e. The number of hydrogen-bond acceptors (Lipinski definition) is 1. The van der Waals surface area contributed by atoms with Crippen LogP contribution in [0.5, 0.6) is 0 Å². The minimum absolute atomic E-state index is 0.389. The van der Waals surface area contributed by atoms with Crippen LogP contribution in [0.3, 0.4) is 0 Å². The molecule has 1 atom stereocenters. The molecule has 0 heterocycles. The van der Waals surface area contributed by atoms with Gasteiger partial charge in [0.1, 0.15) is 0 Å². The van der Waals surface area contributed by atoms with Crippen LogP contribution in [0.4, 0.5) is 0 Å². The van der Waals surface area contributed by atoms with Gasteiger partial charge in [-0.2, -0.15) is 0 Å². The van der Waals surface area contributed by atoms with Crippen molar-refractivity contribution in [3.63, 3.8) is 0 Å². The molecule has 1 unspecified atom stereocenters. The third-order valence-electron chi connectivity index (χ3n) is 0.966. The van der Waals surface area contributed by atoms with Gasteiger partial charge in [0.05, 0.1) is 0 Å². The van der Waals surface area contributed by atoms with E-state index in [9.17, 15) is 0 Å². The third-order valence-corrected chi connectivity index (χ3v) is 0.966. The Balaban J connectivity index is 3.16. The van der Waals surface area contributed by atoms with Crippen LogP contribution in [0.2, 0.25) is 0 Å². The Kier molecular flexibility index (Phi) is 3.71. The Morgan fingerprint density at radius 3 is 2.43 bits per heavy atom. The van der Waals surface area contributed by atoms with Crippen LogP contribution >= 0.6 is 0 Å². The standard InChI is InChI=1S/C6H12N/c1-4-6(5-2)7-3/h4,6-7H,1-2,5H2,3H3. The highest BCUT2D eigenvalue weighted by molar-refractivity contribution is 4.84. The van der Waals surface area contributed by atoms with Crippen LogP contribution in [0.15, 0.2) is 12.7 Å². The fraction of sp³-hybridized carbons (Fsp3) is 0.500. The predicted octanol–water partition coefficient (Wildman–Crippen LogP) is 0.985. The quantitative estimate of drug-likeness (QED) is 0.519. The summed E-state index contributed by atoms with van der Waals surface area (Å²) in [5.74, 6) is 0. The van der Waals surface area contributed by atoms with Crippen LogP contribution in [0.1, 0.15) is 6.42 Å². The molecule has 0 aliphatic heterocycles. The van der Waals surface area contributed by atoms with E-state index in [2.05, 4.69) is 18.8 Å². The van der Waals surface area contributed by atoms with Crippen molar-refractivity contribution in [2.45, 2.75) is 12.5 Å². The van der Waals surface area contributed by atoms with E-state index < -0.39 is 0 Å². The van der Waals surface area contributed by atoms with E-state index in [0.717, 1.165) is 6.42 Å². The second kappa shape index (κ2) is 3.88. The lowest BCUT2D eigenvalue weighted by Crippen LogP contribution is -2.20. The molecule has 0 fully saturated rings. The van der Waals surface area contributed by atoms with E-state index in [4.69, 9.17) is 0 Å². The Bertz CT molecular complexity index is 46.1. The first-order valence-corrected chi connectivity index (χ1v) is 2.44. The molecule has 1 nitrogen and oxygen atoms in total. The first-order valence-electron chi connectivity index (χ1n) is 2.44. The lowest BCUT2D eigenvalue weighted by Gasteiger charge is -2.04. The molecule has 0 aromatic carbocycles. The van der Waals surface area contributed by atoms with E-state index in [1.165, 1.54) is 0 Å². The lowest BCUT2D eigenvalue weighted by atomic mass is 10.2. The fourth-order valence-electron chi connectivity index (χ4n) is 0.380. The molecule has 0 saturated heterocycles. The van der Waals surface area contributed by atoms with Crippen molar-refractivity contribution in [1.29, 1.82) is 0 Å². The molecule has 0 spiro atoms. The Morgan fingerprint density at radius 2 is 2.43 bits per heavy atom. The molecule has 7 heavy (non-hydrogen) atoms. The van der Waals surface area contributed by atoms with Gasteiger partial charge in [-0.3, -0.25) is 0 Å². The van der Waals surface area contributed by atoms with Crippen molar-refractivity contribution in [3.8, 4) is 0 Å². The normalized spacial score (nSPS) is 13.4. The van der Waals surface area contributed by atoms with Crippen molar-refractivity contribution < 1.29 is 0 Å². The number of hydrogen-bond donors (Lipinski definition) is 1. The van der Waals surface area contributed by atoms with Crippen LogP contribution in [0.25, 0.3) is 0 Å². The number of nitrogens with one attached hydrogen (secondary N) is 1. The molecule has 0 saturated carbocycles. The zero-order valence-corrected chi connectivity index (χ0v) is 4.78. The van der Waals surface area contributed by atoms with Gasteiger partial charge in [0.15, 0.2) is 0 Å². The predicted molar refractivity (Wildman–Crippen MR) is 33.0 cm³/mol. The summed E-state index contributed by atoms with van der Waals surface area (Å²) < 4.78 is 0. The number of rotatable bonds is 3. The average Bonchev–Trinajstić information content (AvgIpc) is 1.72. The van der Waals surface area contributed by atoms with Gasteiger partial charge in [0, 0.05) is 6.04 Å². The zero-order chi connectivity index (χ0) is 5.70. The Hall–Kier alpha value is -0.300. The van der Waals surface area contributed by atoms with Gasteiger partial charge in [-0.15, -0.1) is 6.58 Å². The summed E-state index contributed by atoms with van der Waals surface area (Å²) >= 11 is 0. The molecular formula is C6H12N. The van der Waals surface area contributed by atoms with Crippen LogP contribution in [0, 0.1) is 6.92 Å². The van der Waals surface area contributed by atoms with Gasteiger partial charge in [-0.25, -0.2) is 0 Å². The summed E-state index contributed by atoms with van der Waals surface area (Å²) in [5, 5.41) is 3.02. The molecule has 0 aliphatic carbocycles. The molecule has 1 radical (unpaired) electrons. The highest BCUT2D eigenvalue weighted by Gasteiger charge is 1.90. The molecular weight excluding hydrogens is 86.1 g/mol. The maximum atomic E-state index is 3.69. The Morgan fingerprint density at radius 1 is 1.86 bits per heavy atom. The van der Waals surface area contributed by atoms with E-state index in [1.54, 1.807) is 0 Å². The summed E-state index contributed by atoms with van der Waals surface area (Å²) in [4.78, 5) is 0. The molecule has 0 bridgehead atoms. The molecule has 1 heteroatoms.